The van der Waals surface area contributed by atoms with E-state index in [1.807, 2.05) is 49.4 Å². The maximum atomic E-state index is 13.5. The number of aliphatic hydroxyl groups excluding tert-OH is 1. The number of methoxy groups -OCH3 is 1. The molecule has 2 atom stereocenters. The van der Waals surface area contributed by atoms with Gasteiger partial charge >= 0.3 is 0 Å². The van der Waals surface area contributed by atoms with Crippen LogP contribution in [0.5, 0.6) is 17.2 Å². The van der Waals surface area contributed by atoms with Crippen LogP contribution in [0.15, 0.2) is 72.3 Å². The summed E-state index contributed by atoms with van der Waals surface area (Å²) in [5.41, 5.74) is 2.99. The highest BCUT2D eigenvalue weighted by Gasteiger charge is 2.46. The van der Waals surface area contributed by atoms with Crippen LogP contribution in [0.25, 0.3) is 5.76 Å². The van der Waals surface area contributed by atoms with E-state index >= 15 is 0 Å². The van der Waals surface area contributed by atoms with Crippen molar-refractivity contribution in [1.82, 2.24) is 4.90 Å². The molecule has 2 heterocycles. The van der Waals surface area contributed by atoms with Crippen molar-refractivity contribution in [3.05, 3.63) is 94.6 Å². The zero-order valence-corrected chi connectivity index (χ0v) is 22.5. The molecule has 2 aliphatic rings. The third-order valence-electron chi connectivity index (χ3n) is 7.16. The lowest BCUT2D eigenvalue weighted by atomic mass is 9.94. The number of likely N-dealkylation sites (tertiary alicyclic amines) is 1. The number of aliphatic hydroxyl groups is 1. The van der Waals surface area contributed by atoms with Gasteiger partial charge in [-0.05, 0) is 60.4 Å². The van der Waals surface area contributed by atoms with E-state index in [2.05, 4.69) is 6.92 Å². The summed E-state index contributed by atoms with van der Waals surface area (Å²) in [6.07, 6.45) is 2.66. The molecule has 0 radical (unpaired) electrons. The van der Waals surface area contributed by atoms with Crippen LogP contribution in [0.2, 0.25) is 0 Å². The zero-order valence-electron chi connectivity index (χ0n) is 22.5. The second kappa shape index (κ2) is 11.2. The minimum absolute atomic E-state index is 0.0411. The Balaban J connectivity index is 1.60. The summed E-state index contributed by atoms with van der Waals surface area (Å²) in [5.74, 6) is 0.258. The summed E-state index contributed by atoms with van der Waals surface area (Å²) in [4.78, 5) is 28.4. The molecule has 7 nitrogen and oxygen atoms in total. The Bertz CT molecular complexity index is 1410. The molecule has 5 rings (SSSR count). The molecule has 0 aliphatic carbocycles. The van der Waals surface area contributed by atoms with Crippen LogP contribution < -0.4 is 14.2 Å². The summed E-state index contributed by atoms with van der Waals surface area (Å²) in [6, 6.07) is 19.4. The van der Waals surface area contributed by atoms with Crippen molar-refractivity contribution in [2.24, 2.45) is 0 Å². The van der Waals surface area contributed by atoms with Crippen molar-refractivity contribution in [3.63, 3.8) is 0 Å². The lowest BCUT2D eigenvalue weighted by molar-refractivity contribution is -0.140. The first-order valence-electron chi connectivity index (χ1n) is 13.3. The predicted molar refractivity (Wildman–Crippen MR) is 148 cm³/mol. The summed E-state index contributed by atoms with van der Waals surface area (Å²) in [6.45, 7) is 4.84. The van der Waals surface area contributed by atoms with Gasteiger partial charge in [0.25, 0.3) is 11.7 Å². The van der Waals surface area contributed by atoms with Crippen LogP contribution in [0.4, 0.5) is 0 Å². The van der Waals surface area contributed by atoms with E-state index < -0.39 is 17.7 Å². The highest BCUT2D eigenvalue weighted by atomic mass is 16.5. The van der Waals surface area contributed by atoms with Gasteiger partial charge < -0.3 is 24.2 Å². The molecule has 3 aromatic carbocycles. The van der Waals surface area contributed by atoms with Gasteiger partial charge in [-0.3, -0.25) is 9.59 Å². The maximum Gasteiger partial charge on any atom is 0.295 e. The number of fused-ring (bicyclic) bond motifs is 1. The fourth-order valence-electron chi connectivity index (χ4n) is 5.19. The minimum atomic E-state index is -0.813. The lowest BCUT2D eigenvalue weighted by Gasteiger charge is -2.26. The highest BCUT2D eigenvalue weighted by Crippen LogP contribution is 2.43. The summed E-state index contributed by atoms with van der Waals surface area (Å²) >= 11 is 0. The number of hydrogen-bond acceptors (Lipinski definition) is 6. The number of benzene rings is 3. The third kappa shape index (κ3) is 5.21. The number of Topliss-reactive ketones (excluding diaryl/α,β-unsaturated/α-hetero) is 1. The lowest BCUT2D eigenvalue weighted by Crippen LogP contribution is -2.29. The molecule has 0 bridgehead atoms. The molecule has 1 fully saturated rings. The number of carbonyl (C=O) groups excluding carboxylic acids is 2. The van der Waals surface area contributed by atoms with Gasteiger partial charge in [0, 0.05) is 18.5 Å². The molecule has 0 spiro atoms. The summed E-state index contributed by atoms with van der Waals surface area (Å²) in [7, 11) is 1.56. The molecule has 1 N–H and O–H groups in total. The largest absolute Gasteiger partial charge is 0.507 e. The first-order valence-corrected chi connectivity index (χ1v) is 13.3. The highest BCUT2D eigenvalue weighted by molar-refractivity contribution is 6.46. The van der Waals surface area contributed by atoms with Crippen LogP contribution in [0.3, 0.4) is 0 Å². The van der Waals surface area contributed by atoms with Crippen molar-refractivity contribution in [1.29, 1.82) is 0 Å². The van der Waals surface area contributed by atoms with Crippen LogP contribution in [-0.4, -0.2) is 41.5 Å². The normalized spacial score (nSPS) is 19.6. The van der Waals surface area contributed by atoms with Crippen LogP contribution in [0, 0.1) is 0 Å². The molecule has 39 heavy (non-hydrogen) atoms. The molecule has 0 saturated carbocycles. The number of ketones is 1. The van der Waals surface area contributed by atoms with Crippen molar-refractivity contribution in [2.75, 3.05) is 13.7 Å². The van der Waals surface area contributed by atoms with Crippen molar-refractivity contribution < 1.29 is 28.9 Å². The minimum Gasteiger partial charge on any atom is -0.507 e. The second-order valence-electron chi connectivity index (χ2n) is 9.98. The Kier molecular flexibility index (Phi) is 7.59. The van der Waals surface area contributed by atoms with Gasteiger partial charge in [-0.15, -0.1) is 0 Å². The van der Waals surface area contributed by atoms with Crippen molar-refractivity contribution >= 4 is 17.4 Å². The number of unbranched alkanes of at least 4 members (excludes halogenated alkanes) is 1. The standard InChI is InChI=1S/C32H33NO6/c1-4-5-15-38-26-14-11-22(18-27(26)37-3)29-28(30(34)23-12-13-25-24(17-23)16-20(2)39-25)31(35)32(36)33(29)19-21-9-7-6-8-10-21/h6-14,17-18,20,29,34H,4-5,15-16,19H2,1-3H3. The number of ether oxygens (including phenoxy) is 3. The number of amides is 1. The number of nitrogens with zero attached hydrogens (tertiary/aromatic N) is 1. The second-order valence-corrected chi connectivity index (χ2v) is 9.98. The Morgan fingerprint density at radius 1 is 1.05 bits per heavy atom. The maximum absolute atomic E-state index is 13.5. The van der Waals surface area contributed by atoms with Gasteiger partial charge in [-0.1, -0.05) is 49.7 Å². The van der Waals surface area contributed by atoms with E-state index in [4.69, 9.17) is 14.2 Å². The Morgan fingerprint density at radius 2 is 1.85 bits per heavy atom. The Labute approximate surface area is 228 Å². The summed E-state index contributed by atoms with van der Waals surface area (Å²) in [5, 5.41) is 11.5. The van der Waals surface area contributed by atoms with Crippen molar-refractivity contribution in [3.8, 4) is 17.2 Å². The molecule has 3 aromatic rings. The first-order chi connectivity index (χ1) is 18.9. The molecule has 1 saturated heterocycles. The zero-order chi connectivity index (χ0) is 27.5. The quantitative estimate of drug-likeness (QED) is 0.163. The topological polar surface area (TPSA) is 85.3 Å². The van der Waals surface area contributed by atoms with E-state index in [-0.39, 0.29) is 24.0 Å². The van der Waals surface area contributed by atoms with E-state index in [1.54, 1.807) is 31.4 Å². The van der Waals surface area contributed by atoms with Crippen molar-refractivity contribution in [2.45, 2.75) is 51.8 Å². The molecule has 1 amide bonds. The van der Waals surface area contributed by atoms with Crippen LogP contribution in [0.1, 0.15) is 55.0 Å². The van der Waals surface area contributed by atoms with E-state index in [9.17, 15) is 14.7 Å². The van der Waals surface area contributed by atoms with Crippen LogP contribution >= 0.6 is 0 Å². The number of carbonyl (C=O) groups is 2. The van der Waals surface area contributed by atoms with Gasteiger partial charge in [-0.25, -0.2) is 0 Å². The average Bonchev–Trinajstić information content (AvgIpc) is 3.44. The first kappa shape index (κ1) is 26.4. The molecular formula is C32H33NO6. The predicted octanol–water partition coefficient (Wildman–Crippen LogP) is 5.82. The van der Waals surface area contributed by atoms with Gasteiger partial charge in [-0.2, -0.15) is 0 Å². The van der Waals surface area contributed by atoms with E-state index in [0.717, 1.165) is 29.7 Å². The van der Waals surface area contributed by atoms with Gasteiger partial charge in [0.1, 0.15) is 17.6 Å². The van der Waals surface area contributed by atoms with Gasteiger partial charge in [0.2, 0.25) is 0 Å². The average molecular weight is 528 g/mol. The fraction of sp³-hybridized carbons (Fsp3) is 0.312. The molecule has 7 heteroatoms. The Morgan fingerprint density at radius 3 is 2.59 bits per heavy atom. The van der Waals surface area contributed by atoms with Gasteiger partial charge in [0.15, 0.2) is 11.5 Å². The molecule has 202 valence electrons. The summed E-state index contributed by atoms with van der Waals surface area (Å²) < 4.78 is 17.3. The fourth-order valence-corrected chi connectivity index (χ4v) is 5.19. The van der Waals surface area contributed by atoms with E-state index in [0.29, 0.717) is 35.7 Å². The SMILES string of the molecule is CCCCOc1ccc(C2C(=C(O)c3ccc4c(c3)CC(C)O4)C(=O)C(=O)N2Cc2ccccc2)cc1OC. The van der Waals surface area contributed by atoms with E-state index in [1.165, 1.54) is 4.90 Å². The molecule has 0 aromatic heterocycles. The number of hydrogen-bond donors (Lipinski definition) is 1. The molecular weight excluding hydrogens is 494 g/mol. The number of rotatable bonds is 9. The molecule has 2 aliphatic heterocycles. The smallest absolute Gasteiger partial charge is 0.295 e. The third-order valence-corrected chi connectivity index (χ3v) is 7.16. The van der Waals surface area contributed by atoms with Crippen LogP contribution in [-0.2, 0) is 22.6 Å². The monoisotopic (exact) mass is 527 g/mol. The van der Waals surface area contributed by atoms with Gasteiger partial charge in [0.05, 0.1) is 25.3 Å². The Hall–Kier alpha value is -4.26. The molecule has 2 unspecified atom stereocenters.